The third kappa shape index (κ3) is 4.16. The predicted molar refractivity (Wildman–Crippen MR) is 56.1 cm³/mol. The van der Waals surface area contributed by atoms with Crippen molar-refractivity contribution in [3.8, 4) is 0 Å². The third-order valence-corrected chi connectivity index (χ3v) is 2.20. The van der Waals surface area contributed by atoms with Gasteiger partial charge in [-0.15, -0.1) is 0 Å². The molecule has 0 fully saturated rings. The van der Waals surface area contributed by atoms with Gasteiger partial charge in [-0.3, -0.25) is 4.79 Å². The average molecular weight is 211 g/mol. The van der Waals surface area contributed by atoms with Crippen molar-refractivity contribution in [2.45, 2.75) is 25.8 Å². The van der Waals surface area contributed by atoms with Crippen molar-refractivity contribution in [2.24, 2.45) is 0 Å². The first-order valence-corrected chi connectivity index (χ1v) is 5.11. The molecule has 1 aromatic heterocycles. The van der Waals surface area contributed by atoms with Crippen molar-refractivity contribution in [3.05, 3.63) is 24.2 Å². The van der Waals surface area contributed by atoms with E-state index in [1.807, 2.05) is 6.07 Å². The first-order chi connectivity index (χ1) is 7.24. The number of carbonyl (C=O) groups excluding carboxylic acids is 1. The lowest BCUT2D eigenvalue weighted by Crippen LogP contribution is -2.25. The number of hydrogen-bond donors (Lipinski definition) is 1. The van der Waals surface area contributed by atoms with Crippen molar-refractivity contribution in [3.63, 3.8) is 0 Å². The van der Waals surface area contributed by atoms with Gasteiger partial charge in [-0.25, -0.2) is 0 Å². The molecule has 0 saturated carbocycles. The Labute approximate surface area is 89.5 Å². The van der Waals surface area contributed by atoms with E-state index in [1.54, 1.807) is 24.3 Å². The maximum Gasteiger partial charge on any atom is 0.222 e. The summed E-state index contributed by atoms with van der Waals surface area (Å²) in [6.45, 7) is 0.653. The molecule has 0 aliphatic rings. The van der Waals surface area contributed by atoms with Crippen LogP contribution in [-0.2, 0) is 11.3 Å². The molecular formula is C11H17NO3. The summed E-state index contributed by atoms with van der Waals surface area (Å²) in [5.41, 5.74) is 0. The van der Waals surface area contributed by atoms with Crippen LogP contribution in [0.3, 0.4) is 0 Å². The first-order valence-electron chi connectivity index (χ1n) is 5.11. The van der Waals surface area contributed by atoms with E-state index in [-0.39, 0.29) is 12.5 Å². The molecule has 15 heavy (non-hydrogen) atoms. The Balaban J connectivity index is 2.27. The minimum Gasteiger partial charge on any atom is -0.467 e. The molecule has 0 radical (unpaired) electrons. The molecule has 0 aromatic carbocycles. The number of amides is 1. The summed E-state index contributed by atoms with van der Waals surface area (Å²) < 4.78 is 5.15. The molecule has 0 atom stereocenters. The Morgan fingerprint density at radius 1 is 1.53 bits per heavy atom. The summed E-state index contributed by atoms with van der Waals surface area (Å²) in [4.78, 5) is 13.2. The lowest BCUT2D eigenvalue weighted by atomic mass is 10.2. The summed E-state index contributed by atoms with van der Waals surface area (Å²) in [6, 6.07) is 3.65. The highest BCUT2D eigenvalue weighted by Gasteiger charge is 2.09. The highest BCUT2D eigenvalue weighted by Crippen LogP contribution is 2.06. The van der Waals surface area contributed by atoms with Crippen molar-refractivity contribution < 1.29 is 14.3 Å². The van der Waals surface area contributed by atoms with Crippen LogP contribution in [0.25, 0.3) is 0 Å². The average Bonchev–Trinajstić information content (AvgIpc) is 2.70. The fourth-order valence-corrected chi connectivity index (χ4v) is 1.30. The van der Waals surface area contributed by atoms with Crippen LogP contribution in [0.2, 0.25) is 0 Å². The quantitative estimate of drug-likeness (QED) is 0.724. The number of aliphatic hydroxyl groups excluding tert-OH is 1. The fraction of sp³-hybridized carbons (Fsp3) is 0.545. The van der Waals surface area contributed by atoms with Crippen molar-refractivity contribution in [2.75, 3.05) is 13.7 Å². The second-order valence-electron chi connectivity index (χ2n) is 3.51. The lowest BCUT2D eigenvalue weighted by molar-refractivity contribution is -0.130. The van der Waals surface area contributed by atoms with Gasteiger partial charge in [0.15, 0.2) is 0 Å². The number of carbonyl (C=O) groups is 1. The maximum absolute atomic E-state index is 11.5. The zero-order chi connectivity index (χ0) is 11.1. The normalized spacial score (nSPS) is 10.3. The number of rotatable bonds is 6. The summed E-state index contributed by atoms with van der Waals surface area (Å²) in [5, 5.41) is 8.59. The highest BCUT2D eigenvalue weighted by molar-refractivity contribution is 5.75. The second kappa shape index (κ2) is 6.24. The van der Waals surface area contributed by atoms with Gasteiger partial charge in [0.2, 0.25) is 5.91 Å². The summed E-state index contributed by atoms with van der Waals surface area (Å²) in [5.74, 6) is 0.868. The van der Waals surface area contributed by atoms with Crippen molar-refractivity contribution in [1.82, 2.24) is 4.90 Å². The lowest BCUT2D eigenvalue weighted by Gasteiger charge is -2.15. The Morgan fingerprint density at radius 3 is 2.93 bits per heavy atom. The van der Waals surface area contributed by atoms with Crippen LogP contribution in [0.15, 0.2) is 22.8 Å². The summed E-state index contributed by atoms with van der Waals surface area (Å²) in [6.07, 6.45) is 3.50. The van der Waals surface area contributed by atoms with Crippen LogP contribution >= 0.6 is 0 Å². The van der Waals surface area contributed by atoms with Crippen LogP contribution in [0, 0.1) is 0 Å². The molecular weight excluding hydrogens is 194 g/mol. The molecule has 0 unspecified atom stereocenters. The molecule has 0 aliphatic carbocycles. The monoisotopic (exact) mass is 211 g/mol. The van der Waals surface area contributed by atoms with Crippen molar-refractivity contribution in [1.29, 1.82) is 0 Å². The van der Waals surface area contributed by atoms with Gasteiger partial charge in [-0.2, -0.15) is 0 Å². The van der Waals surface area contributed by atoms with E-state index in [9.17, 15) is 4.79 Å². The SMILES string of the molecule is CN(Cc1ccco1)C(=O)CCCCO. The second-order valence-corrected chi connectivity index (χ2v) is 3.51. The summed E-state index contributed by atoms with van der Waals surface area (Å²) in [7, 11) is 1.75. The standard InChI is InChI=1S/C11H17NO3/c1-12(9-10-5-4-8-15-10)11(14)6-2-3-7-13/h4-5,8,13H,2-3,6-7,9H2,1H3. The van der Waals surface area contributed by atoms with Gasteiger partial charge in [0.1, 0.15) is 5.76 Å². The molecule has 1 rings (SSSR count). The predicted octanol–water partition coefficient (Wildman–Crippen LogP) is 1.40. The van der Waals surface area contributed by atoms with E-state index in [2.05, 4.69) is 0 Å². The number of aliphatic hydroxyl groups is 1. The van der Waals surface area contributed by atoms with Gasteiger partial charge in [-0.05, 0) is 25.0 Å². The fourth-order valence-electron chi connectivity index (χ4n) is 1.30. The van der Waals surface area contributed by atoms with E-state index in [0.29, 0.717) is 19.4 Å². The van der Waals surface area contributed by atoms with Gasteiger partial charge in [0.25, 0.3) is 0 Å². The highest BCUT2D eigenvalue weighted by atomic mass is 16.3. The molecule has 1 aromatic rings. The Hall–Kier alpha value is -1.29. The molecule has 1 N–H and O–H groups in total. The molecule has 84 valence electrons. The Kier molecular flexibility index (Phi) is 4.90. The largest absolute Gasteiger partial charge is 0.467 e. The first kappa shape index (κ1) is 11.8. The molecule has 0 aliphatic heterocycles. The van der Waals surface area contributed by atoms with Crippen LogP contribution in [-0.4, -0.2) is 29.6 Å². The zero-order valence-corrected chi connectivity index (χ0v) is 8.98. The Bertz CT molecular complexity index is 282. The van der Waals surface area contributed by atoms with Crippen LogP contribution in [0.1, 0.15) is 25.0 Å². The van der Waals surface area contributed by atoms with Crippen LogP contribution in [0.5, 0.6) is 0 Å². The van der Waals surface area contributed by atoms with Crippen LogP contribution in [0.4, 0.5) is 0 Å². The molecule has 1 amide bonds. The smallest absolute Gasteiger partial charge is 0.222 e. The van der Waals surface area contributed by atoms with E-state index >= 15 is 0 Å². The van der Waals surface area contributed by atoms with Crippen LogP contribution < -0.4 is 0 Å². The molecule has 0 saturated heterocycles. The van der Waals surface area contributed by atoms with Gasteiger partial charge in [0.05, 0.1) is 12.8 Å². The van der Waals surface area contributed by atoms with Gasteiger partial charge < -0.3 is 14.4 Å². The van der Waals surface area contributed by atoms with Gasteiger partial charge >= 0.3 is 0 Å². The maximum atomic E-state index is 11.5. The number of nitrogens with zero attached hydrogens (tertiary/aromatic N) is 1. The van der Waals surface area contributed by atoms with E-state index in [4.69, 9.17) is 9.52 Å². The number of unbranched alkanes of at least 4 members (excludes halogenated alkanes) is 1. The number of furan rings is 1. The minimum atomic E-state index is 0.0832. The van der Waals surface area contributed by atoms with Gasteiger partial charge in [0, 0.05) is 20.1 Å². The van der Waals surface area contributed by atoms with E-state index < -0.39 is 0 Å². The zero-order valence-electron chi connectivity index (χ0n) is 8.98. The molecule has 4 heteroatoms. The topological polar surface area (TPSA) is 53.7 Å². The van der Waals surface area contributed by atoms with Crippen molar-refractivity contribution >= 4 is 5.91 Å². The third-order valence-electron chi connectivity index (χ3n) is 2.20. The summed E-state index contributed by atoms with van der Waals surface area (Å²) >= 11 is 0. The van der Waals surface area contributed by atoms with Gasteiger partial charge in [-0.1, -0.05) is 0 Å². The Morgan fingerprint density at radius 2 is 2.33 bits per heavy atom. The molecule has 0 spiro atoms. The minimum absolute atomic E-state index is 0.0832. The number of hydrogen-bond acceptors (Lipinski definition) is 3. The molecule has 4 nitrogen and oxygen atoms in total. The van der Waals surface area contributed by atoms with E-state index in [1.165, 1.54) is 0 Å². The molecule has 1 heterocycles. The van der Waals surface area contributed by atoms with E-state index in [0.717, 1.165) is 12.2 Å². The molecule has 0 bridgehead atoms.